The van der Waals surface area contributed by atoms with Crippen molar-refractivity contribution < 1.29 is 0 Å². The van der Waals surface area contributed by atoms with Crippen LogP contribution in [0.15, 0.2) is 29.4 Å². The second-order valence-corrected chi connectivity index (χ2v) is 3.73. The topological polar surface area (TPSA) is 104 Å². The smallest absolute Gasteiger partial charge is 0.147 e. The summed E-state index contributed by atoms with van der Waals surface area (Å²) in [6.45, 7) is 0. The van der Waals surface area contributed by atoms with Gasteiger partial charge < -0.3 is 11.5 Å². The maximum absolute atomic E-state index is 5.38. The van der Waals surface area contributed by atoms with Crippen molar-refractivity contribution in [1.82, 2.24) is 19.9 Å². The molecular weight excluding hydrogens is 295 g/mol. The highest BCUT2D eigenvalue weighted by molar-refractivity contribution is 9.10. The van der Waals surface area contributed by atoms with Crippen LogP contribution in [0.3, 0.4) is 0 Å². The quantitative estimate of drug-likeness (QED) is 0.765. The lowest BCUT2D eigenvalue weighted by atomic mass is 10.7. The Hall–Kier alpha value is -1.47. The Morgan fingerprint density at radius 3 is 1.75 bits per heavy atom. The summed E-state index contributed by atoms with van der Waals surface area (Å²) < 4.78 is 0.701. The summed E-state index contributed by atoms with van der Waals surface area (Å²) in [5.74, 6) is 0.822. The molecule has 0 aromatic carbocycles. The molecule has 0 saturated heterocycles. The number of aromatic nitrogens is 4. The molecule has 0 aliphatic rings. The summed E-state index contributed by atoms with van der Waals surface area (Å²) in [6, 6.07) is 0. The average Bonchev–Trinajstić information content (AvgIpc) is 2.28. The number of halogens is 2. The van der Waals surface area contributed by atoms with Crippen LogP contribution >= 0.6 is 27.5 Å². The van der Waals surface area contributed by atoms with Crippen LogP contribution in [0.5, 0.6) is 0 Å². The zero-order valence-corrected chi connectivity index (χ0v) is 10.4. The van der Waals surface area contributed by atoms with Crippen molar-refractivity contribution in [3.63, 3.8) is 0 Å². The van der Waals surface area contributed by atoms with E-state index in [1.807, 2.05) is 0 Å². The lowest BCUT2D eigenvalue weighted by Gasteiger charge is -1.87. The van der Waals surface area contributed by atoms with Crippen molar-refractivity contribution in [1.29, 1.82) is 0 Å². The van der Waals surface area contributed by atoms with Gasteiger partial charge in [-0.25, -0.2) is 19.9 Å². The number of nitrogen functional groups attached to an aromatic ring is 2. The van der Waals surface area contributed by atoms with Gasteiger partial charge in [-0.15, -0.1) is 0 Å². The van der Waals surface area contributed by atoms with Gasteiger partial charge >= 0.3 is 0 Å². The first-order valence-electron chi connectivity index (χ1n) is 4.04. The minimum absolute atomic E-state index is 0.360. The summed E-state index contributed by atoms with van der Waals surface area (Å²) in [7, 11) is 0. The van der Waals surface area contributed by atoms with Crippen molar-refractivity contribution in [2.45, 2.75) is 0 Å². The molecule has 0 aliphatic carbocycles. The molecule has 2 heterocycles. The summed E-state index contributed by atoms with van der Waals surface area (Å²) in [5.41, 5.74) is 10.4. The number of nitrogens with zero attached hydrogens (tertiary/aromatic N) is 4. The van der Waals surface area contributed by atoms with E-state index in [0.29, 0.717) is 21.4 Å². The highest BCUT2D eigenvalue weighted by atomic mass is 79.9. The van der Waals surface area contributed by atoms with Crippen molar-refractivity contribution in [3.8, 4) is 0 Å². The largest absolute Gasteiger partial charge is 0.382 e. The molecule has 0 atom stereocenters. The fraction of sp³-hybridized carbons (Fsp3) is 0. The second kappa shape index (κ2) is 6.19. The summed E-state index contributed by atoms with van der Waals surface area (Å²) in [4.78, 5) is 14.9. The van der Waals surface area contributed by atoms with Crippen LogP contribution in [0.1, 0.15) is 0 Å². The number of rotatable bonds is 0. The molecule has 0 amide bonds. The lowest BCUT2D eigenvalue weighted by Crippen LogP contribution is -1.89. The molecule has 4 N–H and O–H groups in total. The van der Waals surface area contributed by atoms with Crippen LogP contribution < -0.4 is 11.5 Å². The Morgan fingerprint density at radius 2 is 1.44 bits per heavy atom. The Balaban J connectivity index is 0.000000160. The third-order valence-electron chi connectivity index (χ3n) is 1.28. The van der Waals surface area contributed by atoms with Gasteiger partial charge in [-0.1, -0.05) is 11.6 Å². The van der Waals surface area contributed by atoms with E-state index in [9.17, 15) is 0 Å². The van der Waals surface area contributed by atoms with Crippen LogP contribution in [0.4, 0.5) is 11.6 Å². The van der Waals surface area contributed by atoms with Gasteiger partial charge in [-0.2, -0.15) is 0 Å². The van der Waals surface area contributed by atoms with E-state index < -0.39 is 0 Å². The van der Waals surface area contributed by atoms with Gasteiger partial charge in [0.15, 0.2) is 0 Å². The summed E-state index contributed by atoms with van der Waals surface area (Å²) >= 11 is 8.50. The average molecular weight is 304 g/mol. The summed E-state index contributed by atoms with van der Waals surface area (Å²) in [5, 5.41) is 0.360. The Kier molecular flexibility index (Phi) is 4.87. The van der Waals surface area contributed by atoms with Crippen molar-refractivity contribution >= 4 is 39.2 Å². The van der Waals surface area contributed by atoms with Gasteiger partial charge in [0.05, 0.1) is 24.8 Å². The predicted octanol–water partition coefficient (Wildman–Crippen LogP) is 1.53. The molecule has 0 unspecified atom stereocenters. The van der Waals surface area contributed by atoms with Crippen LogP contribution in [0, 0.1) is 0 Å². The molecule has 8 heteroatoms. The number of anilines is 2. The van der Waals surface area contributed by atoms with E-state index in [4.69, 9.17) is 23.1 Å². The molecule has 2 rings (SSSR count). The van der Waals surface area contributed by atoms with Gasteiger partial charge in [0.1, 0.15) is 21.4 Å². The van der Waals surface area contributed by atoms with E-state index in [-0.39, 0.29) is 0 Å². The minimum atomic E-state index is 0.360. The maximum Gasteiger partial charge on any atom is 0.147 e. The van der Waals surface area contributed by atoms with Crippen LogP contribution in [-0.2, 0) is 0 Å². The fourth-order valence-corrected chi connectivity index (χ4v) is 0.947. The molecule has 0 spiro atoms. The molecule has 0 fully saturated rings. The predicted molar refractivity (Wildman–Crippen MR) is 65.6 cm³/mol. The molecule has 0 aliphatic heterocycles. The molecule has 2 aromatic rings. The normalized spacial score (nSPS) is 9.12. The molecule has 2 aromatic heterocycles. The third kappa shape index (κ3) is 4.85. The maximum atomic E-state index is 5.38. The van der Waals surface area contributed by atoms with Crippen LogP contribution in [0.25, 0.3) is 0 Å². The molecule has 0 saturated carbocycles. The van der Waals surface area contributed by atoms with E-state index in [1.54, 1.807) is 6.20 Å². The Labute approximate surface area is 105 Å². The Morgan fingerprint density at radius 1 is 0.875 bits per heavy atom. The number of hydrogen-bond donors (Lipinski definition) is 2. The van der Waals surface area contributed by atoms with Gasteiger partial charge in [0.2, 0.25) is 0 Å². The fourth-order valence-electron chi connectivity index (χ4n) is 0.645. The first kappa shape index (κ1) is 12.6. The van der Waals surface area contributed by atoms with Gasteiger partial charge in [0, 0.05) is 0 Å². The van der Waals surface area contributed by atoms with Crippen molar-refractivity contribution in [2.75, 3.05) is 11.5 Å². The zero-order chi connectivity index (χ0) is 12.0. The van der Waals surface area contributed by atoms with Gasteiger partial charge in [-0.05, 0) is 15.9 Å². The van der Waals surface area contributed by atoms with E-state index in [1.165, 1.54) is 18.6 Å². The van der Waals surface area contributed by atoms with E-state index in [0.717, 1.165) is 0 Å². The van der Waals surface area contributed by atoms with Crippen LogP contribution in [0.2, 0.25) is 5.15 Å². The van der Waals surface area contributed by atoms with Crippen molar-refractivity contribution in [3.05, 3.63) is 34.5 Å². The molecule has 0 bridgehead atoms. The monoisotopic (exact) mass is 302 g/mol. The molecule has 84 valence electrons. The molecular formula is C8H8BrClN6. The lowest BCUT2D eigenvalue weighted by molar-refractivity contribution is 1.17. The zero-order valence-electron chi connectivity index (χ0n) is 8.01. The van der Waals surface area contributed by atoms with E-state index in [2.05, 4.69) is 35.9 Å². The highest BCUT2D eigenvalue weighted by Crippen LogP contribution is 2.02. The molecule has 6 nitrogen and oxygen atoms in total. The minimum Gasteiger partial charge on any atom is -0.382 e. The SMILES string of the molecule is Nc1cnc(Br)cn1.Nc1cnc(Cl)cn1. The van der Waals surface area contributed by atoms with E-state index >= 15 is 0 Å². The standard InChI is InChI=1S/C4H4BrN3.C4H4ClN3/c2*5-3-1-8-4(6)2-7-3/h2*1-2H,(H2,6,8). The van der Waals surface area contributed by atoms with Gasteiger partial charge in [0.25, 0.3) is 0 Å². The summed E-state index contributed by atoms with van der Waals surface area (Å²) in [6.07, 6.45) is 5.85. The van der Waals surface area contributed by atoms with Gasteiger partial charge in [-0.3, -0.25) is 0 Å². The van der Waals surface area contributed by atoms with Crippen molar-refractivity contribution in [2.24, 2.45) is 0 Å². The second-order valence-electron chi connectivity index (χ2n) is 2.53. The number of hydrogen-bond acceptors (Lipinski definition) is 6. The first-order chi connectivity index (χ1) is 7.58. The highest BCUT2D eigenvalue weighted by Gasteiger charge is 1.85. The molecule has 16 heavy (non-hydrogen) atoms. The molecule has 0 radical (unpaired) electrons. The number of nitrogens with two attached hydrogens (primary N) is 2. The first-order valence-corrected chi connectivity index (χ1v) is 5.21. The third-order valence-corrected chi connectivity index (χ3v) is 1.89. The van der Waals surface area contributed by atoms with Crippen LogP contribution in [-0.4, -0.2) is 19.9 Å². The Bertz CT molecular complexity index is 346.